The molecule has 0 aliphatic heterocycles. The summed E-state index contributed by atoms with van der Waals surface area (Å²) < 4.78 is 5.36. The molecular formula is C13H13NO3. The van der Waals surface area contributed by atoms with E-state index in [1.165, 1.54) is 11.8 Å². The number of hydrogen-bond donors (Lipinski definition) is 1. The van der Waals surface area contributed by atoms with Gasteiger partial charge >= 0.3 is 5.97 Å². The van der Waals surface area contributed by atoms with Crippen molar-refractivity contribution in [2.24, 2.45) is 0 Å². The van der Waals surface area contributed by atoms with Crippen molar-refractivity contribution in [1.29, 1.82) is 0 Å². The van der Waals surface area contributed by atoms with Crippen molar-refractivity contribution < 1.29 is 14.3 Å². The van der Waals surface area contributed by atoms with Crippen molar-refractivity contribution in [1.82, 2.24) is 4.98 Å². The summed E-state index contributed by atoms with van der Waals surface area (Å²) in [6.45, 7) is 2.02. The van der Waals surface area contributed by atoms with E-state index >= 15 is 0 Å². The van der Waals surface area contributed by atoms with Gasteiger partial charge in [0.25, 0.3) is 0 Å². The van der Waals surface area contributed by atoms with E-state index in [-0.39, 0.29) is 6.42 Å². The van der Waals surface area contributed by atoms with Gasteiger partial charge in [-0.2, -0.15) is 0 Å². The van der Waals surface area contributed by atoms with Gasteiger partial charge in [0.05, 0.1) is 6.20 Å². The molecule has 4 heteroatoms. The van der Waals surface area contributed by atoms with Crippen LogP contribution < -0.4 is 0 Å². The van der Waals surface area contributed by atoms with Gasteiger partial charge in [0.1, 0.15) is 12.2 Å². The third-order valence-electron chi connectivity index (χ3n) is 2.53. The van der Waals surface area contributed by atoms with Gasteiger partial charge in [-0.1, -0.05) is 24.3 Å². The van der Waals surface area contributed by atoms with Gasteiger partial charge in [0.15, 0.2) is 5.89 Å². The first kappa shape index (κ1) is 11.4. The van der Waals surface area contributed by atoms with Crippen molar-refractivity contribution in [2.45, 2.75) is 19.8 Å². The summed E-state index contributed by atoms with van der Waals surface area (Å²) in [7, 11) is 0. The first-order valence-electron chi connectivity index (χ1n) is 5.35. The molecule has 88 valence electrons. The Bertz CT molecular complexity index is 531. The smallest absolute Gasteiger partial charge is 0.311 e. The molecule has 0 bridgehead atoms. The maximum Gasteiger partial charge on any atom is 0.311 e. The van der Waals surface area contributed by atoms with Crippen molar-refractivity contribution in [3.63, 3.8) is 0 Å². The van der Waals surface area contributed by atoms with E-state index in [2.05, 4.69) is 4.98 Å². The highest BCUT2D eigenvalue weighted by atomic mass is 16.4. The molecule has 2 rings (SSSR count). The SMILES string of the molecule is Cc1ccccc1Cc1ncc(CC(=O)O)o1. The molecule has 0 fully saturated rings. The Morgan fingerprint density at radius 3 is 2.88 bits per heavy atom. The predicted octanol–water partition coefficient (Wildman–Crippen LogP) is 2.20. The molecular weight excluding hydrogens is 218 g/mol. The van der Waals surface area contributed by atoms with Crippen LogP contribution in [0.1, 0.15) is 22.8 Å². The zero-order chi connectivity index (χ0) is 12.3. The van der Waals surface area contributed by atoms with E-state index in [0.717, 1.165) is 5.56 Å². The minimum Gasteiger partial charge on any atom is -0.481 e. The van der Waals surface area contributed by atoms with Crippen LogP contribution in [0.5, 0.6) is 0 Å². The number of oxazole rings is 1. The van der Waals surface area contributed by atoms with Crippen molar-refractivity contribution in [3.8, 4) is 0 Å². The molecule has 0 aliphatic carbocycles. The third-order valence-corrected chi connectivity index (χ3v) is 2.53. The molecule has 0 radical (unpaired) electrons. The lowest BCUT2D eigenvalue weighted by atomic mass is 10.1. The van der Waals surface area contributed by atoms with Gasteiger partial charge < -0.3 is 9.52 Å². The molecule has 0 saturated carbocycles. The average molecular weight is 231 g/mol. The third kappa shape index (κ3) is 2.93. The zero-order valence-electron chi connectivity index (χ0n) is 9.51. The second kappa shape index (κ2) is 4.82. The van der Waals surface area contributed by atoms with Gasteiger partial charge in [0, 0.05) is 6.42 Å². The summed E-state index contributed by atoms with van der Waals surface area (Å²) in [5, 5.41) is 8.62. The normalized spacial score (nSPS) is 10.4. The number of aromatic nitrogens is 1. The largest absolute Gasteiger partial charge is 0.481 e. The molecule has 1 heterocycles. The van der Waals surface area contributed by atoms with Crippen LogP contribution in [0.4, 0.5) is 0 Å². The number of aliphatic carboxylic acids is 1. The van der Waals surface area contributed by atoms with Gasteiger partial charge in [-0.05, 0) is 18.1 Å². The predicted molar refractivity (Wildman–Crippen MR) is 61.8 cm³/mol. The van der Waals surface area contributed by atoms with Crippen molar-refractivity contribution >= 4 is 5.97 Å². The van der Waals surface area contributed by atoms with Crippen molar-refractivity contribution in [3.05, 3.63) is 53.2 Å². The maximum atomic E-state index is 10.5. The maximum absolute atomic E-state index is 10.5. The number of carboxylic acid groups (broad SMARTS) is 1. The molecule has 17 heavy (non-hydrogen) atoms. The lowest BCUT2D eigenvalue weighted by Gasteiger charge is -2.01. The number of carboxylic acids is 1. The second-order valence-corrected chi connectivity index (χ2v) is 3.89. The minimum absolute atomic E-state index is 0.124. The molecule has 0 atom stereocenters. The van der Waals surface area contributed by atoms with Crippen LogP contribution in [0.2, 0.25) is 0 Å². The van der Waals surface area contributed by atoms with Crippen LogP contribution in [-0.2, 0) is 17.6 Å². The fraction of sp³-hybridized carbons (Fsp3) is 0.231. The van der Waals surface area contributed by atoms with E-state index in [9.17, 15) is 4.79 Å². The highest BCUT2D eigenvalue weighted by Gasteiger charge is 2.09. The highest BCUT2D eigenvalue weighted by molar-refractivity contribution is 5.69. The number of benzene rings is 1. The lowest BCUT2D eigenvalue weighted by Crippen LogP contribution is -1.98. The Balaban J connectivity index is 2.12. The fourth-order valence-electron chi connectivity index (χ4n) is 1.63. The number of rotatable bonds is 4. The summed E-state index contributed by atoms with van der Waals surface area (Å²) in [5.74, 6) is 0.0280. The number of hydrogen-bond acceptors (Lipinski definition) is 3. The zero-order valence-corrected chi connectivity index (χ0v) is 9.51. The van der Waals surface area contributed by atoms with Crippen molar-refractivity contribution in [2.75, 3.05) is 0 Å². The average Bonchev–Trinajstić information content (AvgIpc) is 2.68. The standard InChI is InChI=1S/C13H13NO3/c1-9-4-2-3-5-10(9)6-12-14-8-11(17-12)7-13(15)16/h2-5,8H,6-7H2,1H3,(H,15,16). The molecule has 1 N–H and O–H groups in total. The molecule has 0 unspecified atom stereocenters. The topological polar surface area (TPSA) is 63.3 Å². The Hall–Kier alpha value is -2.10. The Labute approximate surface area is 98.9 Å². The number of carbonyl (C=O) groups is 1. The van der Waals surface area contributed by atoms with Crippen LogP contribution >= 0.6 is 0 Å². The molecule has 1 aromatic heterocycles. The molecule has 0 saturated heterocycles. The fourth-order valence-corrected chi connectivity index (χ4v) is 1.63. The monoisotopic (exact) mass is 231 g/mol. The van der Waals surface area contributed by atoms with Crippen LogP contribution in [0.3, 0.4) is 0 Å². The van der Waals surface area contributed by atoms with Gasteiger partial charge in [-0.3, -0.25) is 4.79 Å². The summed E-state index contributed by atoms with van der Waals surface area (Å²) >= 11 is 0. The van der Waals surface area contributed by atoms with E-state index < -0.39 is 5.97 Å². The van der Waals surface area contributed by atoms with Crippen LogP contribution in [-0.4, -0.2) is 16.1 Å². The molecule has 0 amide bonds. The first-order valence-corrected chi connectivity index (χ1v) is 5.35. The number of nitrogens with zero attached hydrogens (tertiary/aromatic N) is 1. The molecule has 1 aromatic carbocycles. The second-order valence-electron chi connectivity index (χ2n) is 3.89. The Kier molecular flexibility index (Phi) is 3.23. The molecule has 4 nitrogen and oxygen atoms in total. The summed E-state index contributed by atoms with van der Waals surface area (Å²) in [6.07, 6.45) is 1.94. The Morgan fingerprint density at radius 2 is 2.18 bits per heavy atom. The van der Waals surface area contributed by atoms with E-state index in [4.69, 9.17) is 9.52 Å². The molecule has 0 spiro atoms. The van der Waals surface area contributed by atoms with Crippen LogP contribution in [0.25, 0.3) is 0 Å². The molecule has 2 aromatic rings. The van der Waals surface area contributed by atoms with Gasteiger partial charge in [0.2, 0.25) is 0 Å². The van der Waals surface area contributed by atoms with E-state index in [1.807, 2.05) is 31.2 Å². The van der Waals surface area contributed by atoms with E-state index in [1.54, 1.807) is 0 Å². The lowest BCUT2D eigenvalue weighted by molar-refractivity contribution is -0.136. The van der Waals surface area contributed by atoms with Gasteiger partial charge in [-0.25, -0.2) is 4.98 Å². The quantitative estimate of drug-likeness (QED) is 0.876. The van der Waals surface area contributed by atoms with Crippen LogP contribution in [0.15, 0.2) is 34.9 Å². The first-order chi connectivity index (χ1) is 8.15. The Morgan fingerprint density at radius 1 is 1.41 bits per heavy atom. The van der Waals surface area contributed by atoms with Gasteiger partial charge in [-0.15, -0.1) is 0 Å². The minimum atomic E-state index is -0.913. The summed E-state index contributed by atoms with van der Waals surface area (Å²) in [4.78, 5) is 14.6. The van der Waals surface area contributed by atoms with Crippen LogP contribution in [0, 0.1) is 6.92 Å². The summed E-state index contributed by atoms with van der Waals surface area (Å²) in [5.41, 5.74) is 2.31. The number of aryl methyl sites for hydroxylation is 1. The highest BCUT2D eigenvalue weighted by Crippen LogP contribution is 2.14. The van der Waals surface area contributed by atoms with E-state index in [0.29, 0.717) is 18.1 Å². The molecule has 0 aliphatic rings. The summed E-state index contributed by atoms with van der Waals surface area (Å²) in [6, 6.07) is 7.97.